The maximum absolute atomic E-state index is 13.5. The Balaban J connectivity index is 1.94. The van der Waals surface area contributed by atoms with E-state index in [1.165, 1.54) is 14.2 Å². The van der Waals surface area contributed by atoms with Crippen LogP contribution in [0.3, 0.4) is 0 Å². The number of fused-ring (bicyclic) bond motifs is 1. The van der Waals surface area contributed by atoms with Gasteiger partial charge in [0.2, 0.25) is 0 Å². The molecule has 1 fully saturated rings. The summed E-state index contributed by atoms with van der Waals surface area (Å²) in [6.07, 6.45) is 1.89. The van der Waals surface area contributed by atoms with Crippen LogP contribution in [0.15, 0.2) is 108 Å². The van der Waals surface area contributed by atoms with Crippen molar-refractivity contribution in [2.75, 3.05) is 34.0 Å². The van der Waals surface area contributed by atoms with Gasteiger partial charge in [0, 0.05) is 6.54 Å². The first kappa shape index (κ1) is 24.5. The number of rotatable bonds is 5. The van der Waals surface area contributed by atoms with Crippen LogP contribution in [0.5, 0.6) is 0 Å². The first-order valence-electron chi connectivity index (χ1n) is 12.3. The van der Waals surface area contributed by atoms with E-state index >= 15 is 0 Å². The molecule has 0 radical (unpaired) electrons. The molecule has 1 atom stereocenters. The van der Waals surface area contributed by atoms with Crippen LogP contribution in [0.25, 0.3) is 5.70 Å². The zero-order valence-corrected chi connectivity index (χ0v) is 20.9. The van der Waals surface area contributed by atoms with Crippen LogP contribution < -0.4 is 0 Å². The molecular weight excluding hydrogens is 466 g/mol. The number of benzene rings is 3. The van der Waals surface area contributed by atoms with E-state index in [0.29, 0.717) is 25.5 Å². The van der Waals surface area contributed by atoms with E-state index < -0.39 is 17.4 Å². The maximum atomic E-state index is 13.5. The van der Waals surface area contributed by atoms with E-state index in [-0.39, 0.29) is 17.2 Å². The average molecular weight is 496 g/mol. The third kappa shape index (κ3) is 4.23. The second-order valence-electron chi connectivity index (χ2n) is 9.02. The quantitative estimate of drug-likeness (QED) is 0.490. The van der Waals surface area contributed by atoms with Gasteiger partial charge >= 0.3 is 11.9 Å². The van der Waals surface area contributed by atoms with Gasteiger partial charge in [-0.05, 0) is 16.7 Å². The molecule has 1 unspecified atom stereocenters. The minimum Gasteiger partial charge on any atom is -0.465 e. The summed E-state index contributed by atoms with van der Waals surface area (Å²) in [5, 5.41) is 0. The molecule has 6 heteroatoms. The smallest absolute Gasteiger partial charge is 0.340 e. The fourth-order valence-corrected chi connectivity index (χ4v) is 5.55. The first-order chi connectivity index (χ1) is 18.1. The van der Waals surface area contributed by atoms with Gasteiger partial charge in [0.1, 0.15) is 0 Å². The van der Waals surface area contributed by atoms with Crippen LogP contribution in [-0.4, -0.2) is 56.9 Å². The van der Waals surface area contributed by atoms with Gasteiger partial charge in [-0.2, -0.15) is 0 Å². The highest BCUT2D eigenvalue weighted by Crippen LogP contribution is 2.48. The van der Waals surface area contributed by atoms with Crippen molar-refractivity contribution in [1.29, 1.82) is 0 Å². The van der Waals surface area contributed by atoms with Gasteiger partial charge in [-0.25, -0.2) is 9.59 Å². The van der Waals surface area contributed by atoms with Crippen molar-refractivity contribution in [3.8, 4) is 0 Å². The summed E-state index contributed by atoms with van der Waals surface area (Å²) in [5.41, 5.74) is 2.88. The fourth-order valence-electron chi connectivity index (χ4n) is 5.55. The third-order valence-corrected chi connectivity index (χ3v) is 7.16. The molecule has 3 aromatic rings. The molecule has 2 aliphatic rings. The maximum Gasteiger partial charge on any atom is 0.340 e. The molecule has 2 heterocycles. The standard InChI is InChI=1S/C31H29NO5/c1-35-29(33)25-20-31(23-14-8-4-9-15-23,24-16-10-5-11-17-24)26-21-37-19-18-32(26)28(27(25)30(34)36-2)22-12-6-3-7-13-22/h3-17,20,26H,18-19,21H2,1-2H3. The SMILES string of the molecule is COC(=O)C1=CC(c2ccccc2)(c2ccccc2)C2COCCN2C(c2ccccc2)=C1C(=O)OC. The van der Waals surface area contributed by atoms with E-state index in [2.05, 4.69) is 29.2 Å². The van der Waals surface area contributed by atoms with Crippen LogP contribution in [0.2, 0.25) is 0 Å². The molecule has 2 aliphatic heterocycles. The lowest BCUT2D eigenvalue weighted by atomic mass is 9.67. The second kappa shape index (κ2) is 10.4. The first-order valence-corrected chi connectivity index (χ1v) is 12.3. The Morgan fingerprint density at radius 2 is 1.35 bits per heavy atom. The molecule has 1 saturated heterocycles. The van der Waals surface area contributed by atoms with Crippen LogP contribution in [0.1, 0.15) is 16.7 Å². The van der Waals surface area contributed by atoms with Crippen molar-refractivity contribution in [3.05, 3.63) is 125 Å². The molecular formula is C31H29NO5. The lowest BCUT2D eigenvalue weighted by Crippen LogP contribution is -2.55. The molecule has 0 spiro atoms. The number of morpholine rings is 1. The van der Waals surface area contributed by atoms with Gasteiger partial charge in [0.15, 0.2) is 0 Å². The van der Waals surface area contributed by atoms with Crippen molar-refractivity contribution in [1.82, 2.24) is 4.90 Å². The summed E-state index contributed by atoms with van der Waals surface area (Å²) in [6.45, 7) is 1.40. The molecule has 188 valence electrons. The predicted octanol–water partition coefficient (Wildman–Crippen LogP) is 4.37. The molecule has 5 rings (SSSR count). The van der Waals surface area contributed by atoms with E-state index in [4.69, 9.17) is 14.2 Å². The highest BCUT2D eigenvalue weighted by Gasteiger charge is 2.50. The minimum atomic E-state index is -0.845. The summed E-state index contributed by atoms with van der Waals surface area (Å²) in [7, 11) is 2.66. The van der Waals surface area contributed by atoms with Crippen molar-refractivity contribution < 1.29 is 23.8 Å². The van der Waals surface area contributed by atoms with Gasteiger partial charge in [0.05, 0.1) is 55.7 Å². The van der Waals surface area contributed by atoms with Crippen molar-refractivity contribution in [2.24, 2.45) is 0 Å². The average Bonchev–Trinajstić information content (AvgIpc) is 3.11. The number of carbonyl (C=O) groups is 2. The summed E-state index contributed by atoms with van der Waals surface area (Å²) < 4.78 is 16.6. The van der Waals surface area contributed by atoms with Crippen LogP contribution >= 0.6 is 0 Å². The number of ether oxygens (including phenoxy) is 3. The Hall–Kier alpha value is -4.16. The van der Waals surface area contributed by atoms with E-state index in [1.807, 2.05) is 72.8 Å². The number of nitrogens with zero attached hydrogens (tertiary/aromatic N) is 1. The Kier molecular flexibility index (Phi) is 6.93. The lowest BCUT2D eigenvalue weighted by Gasteiger charge is -2.48. The minimum absolute atomic E-state index is 0.162. The zero-order valence-electron chi connectivity index (χ0n) is 20.9. The van der Waals surface area contributed by atoms with Crippen molar-refractivity contribution in [3.63, 3.8) is 0 Å². The summed E-state index contributed by atoms with van der Waals surface area (Å²) in [5.74, 6) is -1.21. The number of hydrogen-bond acceptors (Lipinski definition) is 6. The molecule has 6 nitrogen and oxygen atoms in total. The van der Waals surface area contributed by atoms with Gasteiger partial charge in [-0.3, -0.25) is 0 Å². The van der Waals surface area contributed by atoms with Crippen molar-refractivity contribution in [2.45, 2.75) is 11.5 Å². The number of carbonyl (C=O) groups excluding carboxylic acids is 2. The van der Waals surface area contributed by atoms with Gasteiger partial charge < -0.3 is 19.1 Å². The lowest BCUT2D eigenvalue weighted by molar-refractivity contribution is -0.139. The predicted molar refractivity (Wildman–Crippen MR) is 140 cm³/mol. The molecule has 37 heavy (non-hydrogen) atoms. The summed E-state index contributed by atoms with van der Waals surface area (Å²) in [6, 6.07) is 29.4. The Morgan fingerprint density at radius 3 is 1.89 bits per heavy atom. The highest BCUT2D eigenvalue weighted by molar-refractivity contribution is 6.12. The van der Waals surface area contributed by atoms with E-state index in [0.717, 1.165) is 16.7 Å². The van der Waals surface area contributed by atoms with Gasteiger partial charge in [0.25, 0.3) is 0 Å². The fraction of sp³-hybridized carbons (Fsp3) is 0.226. The Morgan fingerprint density at radius 1 is 0.811 bits per heavy atom. The van der Waals surface area contributed by atoms with Crippen LogP contribution in [0.4, 0.5) is 0 Å². The monoisotopic (exact) mass is 495 g/mol. The topological polar surface area (TPSA) is 65.1 Å². The number of methoxy groups -OCH3 is 2. The highest BCUT2D eigenvalue weighted by atomic mass is 16.5. The molecule has 0 aromatic heterocycles. The van der Waals surface area contributed by atoms with Gasteiger partial charge in [-0.1, -0.05) is 97.1 Å². The molecule has 0 bridgehead atoms. The van der Waals surface area contributed by atoms with E-state index in [9.17, 15) is 9.59 Å². The Bertz CT molecular complexity index is 1290. The summed E-state index contributed by atoms with van der Waals surface area (Å²) in [4.78, 5) is 29.2. The Labute approximate surface area is 216 Å². The number of esters is 2. The van der Waals surface area contributed by atoms with Gasteiger partial charge in [-0.15, -0.1) is 0 Å². The molecule has 0 N–H and O–H groups in total. The number of hydrogen-bond donors (Lipinski definition) is 0. The third-order valence-electron chi connectivity index (χ3n) is 7.16. The molecule has 0 amide bonds. The van der Waals surface area contributed by atoms with E-state index in [1.54, 1.807) is 0 Å². The van der Waals surface area contributed by atoms with Crippen LogP contribution in [-0.2, 0) is 29.2 Å². The normalized spacial score (nSPS) is 18.8. The largest absolute Gasteiger partial charge is 0.465 e. The molecule has 3 aromatic carbocycles. The van der Waals surface area contributed by atoms with Crippen molar-refractivity contribution >= 4 is 17.6 Å². The summed E-state index contributed by atoms with van der Waals surface area (Å²) >= 11 is 0. The molecule has 0 saturated carbocycles. The zero-order chi connectivity index (χ0) is 25.8. The molecule has 0 aliphatic carbocycles. The van der Waals surface area contributed by atoms with Crippen LogP contribution in [0, 0.1) is 0 Å². The second-order valence-corrected chi connectivity index (χ2v) is 9.02.